The molecule has 1 N–H and O–H groups in total. The van der Waals surface area contributed by atoms with Crippen LogP contribution in [0.4, 0.5) is 22.0 Å². The minimum atomic E-state index is -5.15. The molecule has 0 saturated heterocycles. The van der Waals surface area contributed by atoms with Gasteiger partial charge in [-0.1, -0.05) is 18.2 Å². The summed E-state index contributed by atoms with van der Waals surface area (Å²) in [5, 5.41) is 2.94. The van der Waals surface area contributed by atoms with Crippen molar-refractivity contribution >= 4 is 22.0 Å². The Morgan fingerprint density at radius 1 is 1.10 bits per heavy atom. The van der Waals surface area contributed by atoms with Crippen LogP contribution in [0.25, 0.3) is 0 Å². The Kier molecular flexibility index (Phi) is 6.96. The van der Waals surface area contributed by atoms with E-state index >= 15 is 0 Å². The molecule has 1 amide bonds. The van der Waals surface area contributed by atoms with Gasteiger partial charge in [-0.15, -0.1) is 0 Å². The Morgan fingerprint density at radius 2 is 1.80 bits per heavy atom. The van der Waals surface area contributed by atoms with Crippen molar-refractivity contribution in [3.8, 4) is 0 Å². The van der Waals surface area contributed by atoms with Crippen molar-refractivity contribution < 1.29 is 35.2 Å². The average Bonchev–Trinajstić information content (AvgIpc) is 3.57. The maximum Gasteiger partial charge on any atom is 0.426 e. The van der Waals surface area contributed by atoms with E-state index < -0.39 is 49.8 Å². The zero-order valence-electron chi connectivity index (χ0n) is 21.9. The van der Waals surface area contributed by atoms with Crippen molar-refractivity contribution in [2.24, 2.45) is 16.8 Å². The van der Waals surface area contributed by atoms with Crippen molar-refractivity contribution in [1.29, 1.82) is 0 Å². The second-order valence-corrected chi connectivity index (χ2v) is 13.2. The van der Waals surface area contributed by atoms with E-state index in [1.165, 1.54) is 18.2 Å². The third-order valence-corrected chi connectivity index (χ3v) is 11.4. The Hall–Kier alpha value is -3.08. The summed E-state index contributed by atoms with van der Waals surface area (Å²) in [6.07, 6.45) is -0.195. The van der Waals surface area contributed by atoms with Gasteiger partial charge in [-0.25, -0.2) is 17.2 Å². The molecular formula is C29H29F5N2O3S. The Morgan fingerprint density at radius 3 is 2.42 bits per heavy atom. The summed E-state index contributed by atoms with van der Waals surface area (Å²) in [5.41, 5.74) is -3.24. The highest BCUT2D eigenvalue weighted by Gasteiger charge is 2.61. The van der Waals surface area contributed by atoms with Gasteiger partial charge in [0.25, 0.3) is 5.91 Å². The fourth-order valence-electron chi connectivity index (χ4n) is 6.68. The molecule has 1 heterocycles. The van der Waals surface area contributed by atoms with Gasteiger partial charge in [-0.2, -0.15) is 13.2 Å². The number of amides is 1. The molecule has 5 nitrogen and oxygen atoms in total. The quantitative estimate of drug-likeness (QED) is 0.333. The molecule has 0 radical (unpaired) electrons. The molecule has 1 saturated carbocycles. The van der Waals surface area contributed by atoms with E-state index in [9.17, 15) is 35.2 Å². The predicted octanol–water partition coefficient (Wildman–Crippen LogP) is 6.08. The Bertz CT molecular complexity index is 1500. The molecule has 214 valence electrons. The Balaban J connectivity index is 1.60. The Labute approximate surface area is 229 Å². The molecule has 40 heavy (non-hydrogen) atoms. The summed E-state index contributed by atoms with van der Waals surface area (Å²) in [5.74, 6) is -1.76. The number of nitrogens with one attached hydrogen (secondary N) is 1. The number of aryl methyl sites for hydroxylation is 1. The van der Waals surface area contributed by atoms with Crippen LogP contribution in [0.1, 0.15) is 56.2 Å². The molecule has 3 aliphatic rings. The lowest BCUT2D eigenvalue weighted by molar-refractivity contribution is -0.228. The number of alkyl halides is 4. The van der Waals surface area contributed by atoms with Gasteiger partial charge in [-0.3, -0.25) is 9.79 Å². The summed E-state index contributed by atoms with van der Waals surface area (Å²) in [7, 11) is -4.21. The first-order valence-electron chi connectivity index (χ1n) is 13.1. The van der Waals surface area contributed by atoms with E-state index in [1.54, 1.807) is 19.2 Å². The lowest BCUT2D eigenvalue weighted by Gasteiger charge is -2.43. The standard InChI is InChI=1S/C29H29F5N2O3S/c1-17(36-26(37)25-4-3-15-35-25)22-13-14-28(40(38,39)21-9-7-20(30)8-10-21)23-12-6-19(27(2,31)29(32,33)34)16-18(23)5-11-24(22)28/h4,6-10,12,15-17,22,24H,3,5,11,13-14H2,1-2H3,(H,36,37)/t17?,22-,24-,27?,28+/m0/s1. The molecule has 0 spiro atoms. The fourth-order valence-corrected chi connectivity index (χ4v) is 9.16. The number of halogens is 5. The third-order valence-electron chi connectivity index (χ3n) is 8.81. The van der Waals surface area contributed by atoms with Gasteiger partial charge < -0.3 is 5.32 Å². The molecule has 5 rings (SSSR count). The molecule has 2 aliphatic carbocycles. The van der Waals surface area contributed by atoms with Gasteiger partial charge in [0.1, 0.15) is 16.3 Å². The number of benzene rings is 2. The number of nitrogens with zero attached hydrogens (tertiary/aromatic N) is 1. The molecular weight excluding hydrogens is 551 g/mol. The van der Waals surface area contributed by atoms with Gasteiger partial charge >= 0.3 is 6.18 Å². The van der Waals surface area contributed by atoms with E-state index in [2.05, 4.69) is 10.3 Å². The highest BCUT2D eigenvalue weighted by atomic mass is 32.2. The van der Waals surface area contributed by atoms with Crippen molar-refractivity contribution in [2.45, 2.75) is 73.5 Å². The number of aliphatic imine (C=N–C) groups is 1. The molecule has 11 heteroatoms. The monoisotopic (exact) mass is 580 g/mol. The number of hydrogen-bond donors (Lipinski definition) is 1. The van der Waals surface area contributed by atoms with Crippen LogP contribution in [0.2, 0.25) is 0 Å². The molecule has 1 fully saturated rings. The fraction of sp³-hybridized carbons (Fsp3) is 0.448. The number of allylic oxidation sites excluding steroid dienone is 1. The van der Waals surface area contributed by atoms with Crippen LogP contribution in [0.5, 0.6) is 0 Å². The van der Waals surface area contributed by atoms with Crippen LogP contribution in [0, 0.1) is 17.7 Å². The van der Waals surface area contributed by atoms with Crippen molar-refractivity contribution in [2.75, 3.05) is 0 Å². The normalized spacial score (nSPS) is 26.4. The zero-order valence-corrected chi connectivity index (χ0v) is 22.8. The smallest absolute Gasteiger partial charge is 0.348 e. The first-order chi connectivity index (χ1) is 18.7. The number of fused-ring (bicyclic) bond motifs is 3. The van der Waals surface area contributed by atoms with E-state index in [0.29, 0.717) is 37.3 Å². The van der Waals surface area contributed by atoms with Crippen LogP contribution >= 0.6 is 0 Å². The predicted molar refractivity (Wildman–Crippen MR) is 140 cm³/mol. The van der Waals surface area contributed by atoms with Crippen molar-refractivity contribution in [3.63, 3.8) is 0 Å². The van der Waals surface area contributed by atoms with E-state index in [1.807, 2.05) is 0 Å². The average molecular weight is 581 g/mol. The van der Waals surface area contributed by atoms with Crippen LogP contribution in [0.15, 0.2) is 64.1 Å². The molecule has 2 aromatic carbocycles. The number of carbonyl (C=O) groups is 1. The summed E-state index contributed by atoms with van der Waals surface area (Å²) in [6.45, 7) is 2.25. The maximum atomic E-state index is 14.9. The molecule has 2 aromatic rings. The second kappa shape index (κ2) is 9.78. The summed E-state index contributed by atoms with van der Waals surface area (Å²) < 4.78 is 96.4. The van der Waals surface area contributed by atoms with Crippen molar-refractivity contribution in [1.82, 2.24) is 5.32 Å². The van der Waals surface area contributed by atoms with Crippen LogP contribution in [-0.4, -0.2) is 32.8 Å². The molecule has 1 aliphatic heterocycles. The number of carbonyl (C=O) groups excluding carboxylic acids is 1. The molecule has 0 aromatic heterocycles. The van der Waals surface area contributed by atoms with E-state index in [4.69, 9.17) is 0 Å². The van der Waals surface area contributed by atoms with Crippen LogP contribution in [-0.2, 0) is 31.5 Å². The SMILES string of the molecule is CC(NC(=O)C1=CCC=N1)[C@@H]1CC[C@@]2(S(=O)(=O)c3ccc(F)cc3)c3ccc(C(C)(F)C(F)(F)F)cc3CC[C@@H]12. The lowest BCUT2D eigenvalue weighted by Crippen LogP contribution is -2.48. The molecule has 0 bridgehead atoms. The van der Waals surface area contributed by atoms with Gasteiger partial charge in [-0.05, 0) is 98.4 Å². The lowest BCUT2D eigenvalue weighted by atomic mass is 9.71. The van der Waals surface area contributed by atoms with Gasteiger partial charge in [0.15, 0.2) is 9.84 Å². The van der Waals surface area contributed by atoms with E-state index in [-0.39, 0.29) is 35.3 Å². The molecule has 2 unspecified atom stereocenters. The minimum absolute atomic E-state index is 0.107. The first-order valence-corrected chi connectivity index (χ1v) is 14.6. The maximum absolute atomic E-state index is 14.9. The van der Waals surface area contributed by atoms with Gasteiger partial charge in [0.2, 0.25) is 5.67 Å². The number of sulfone groups is 1. The largest absolute Gasteiger partial charge is 0.426 e. The summed E-state index contributed by atoms with van der Waals surface area (Å²) in [4.78, 5) is 16.7. The summed E-state index contributed by atoms with van der Waals surface area (Å²) >= 11 is 0. The third kappa shape index (κ3) is 4.37. The summed E-state index contributed by atoms with van der Waals surface area (Å²) in [6, 6.07) is 7.49. The highest BCUT2D eigenvalue weighted by Crippen LogP contribution is 2.60. The zero-order chi connectivity index (χ0) is 29.1. The first kappa shape index (κ1) is 28.4. The molecule has 5 atom stereocenters. The second-order valence-electron chi connectivity index (χ2n) is 11.0. The van der Waals surface area contributed by atoms with Crippen molar-refractivity contribution in [3.05, 3.63) is 76.7 Å². The number of hydrogen-bond acceptors (Lipinski definition) is 4. The van der Waals surface area contributed by atoms with Crippen LogP contribution < -0.4 is 5.32 Å². The number of rotatable bonds is 6. The van der Waals surface area contributed by atoms with Gasteiger partial charge in [0.05, 0.1) is 4.90 Å². The van der Waals surface area contributed by atoms with Gasteiger partial charge in [0, 0.05) is 18.7 Å². The van der Waals surface area contributed by atoms with E-state index in [0.717, 1.165) is 24.3 Å². The topological polar surface area (TPSA) is 75.6 Å². The van der Waals surface area contributed by atoms with Crippen LogP contribution in [0.3, 0.4) is 0 Å². The highest BCUT2D eigenvalue weighted by molar-refractivity contribution is 7.92. The minimum Gasteiger partial charge on any atom is -0.348 e.